The van der Waals surface area contributed by atoms with Crippen molar-refractivity contribution in [2.24, 2.45) is 0 Å². The Morgan fingerprint density at radius 2 is 2.00 bits per heavy atom. The molecule has 20 heavy (non-hydrogen) atoms. The van der Waals surface area contributed by atoms with Gasteiger partial charge in [-0.1, -0.05) is 12.1 Å². The van der Waals surface area contributed by atoms with Gasteiger partial charge in [-0.3, -0.25) is 9.59 Å². The molecule has 2 aromatic rings. The van der Waals surface area contributed by atoms with E-state index >= 15 is 0 Å². The lowest BCUT2D eigenvalue weighted by Crippen LogP contribution is -2.17. The molecule has 0 amide bonds. The number of hydrogen-bond donors (Lipinski definition) is 1. The number of aromatic amines is 1. The van der Waals surface area contributed by atoms with Crippen LogP contribution in [0.25, 0.3) is 10.9 Å². The van der Waals surface area contributed by atoms with E-state index in [1.807, 2.05) is 39.0 Å². The van der Waals surface area contributed by atoms with Crippen LogP contribution in [0.4, 0.5) is 0 Å². The highest BCUT2D eigenvalue weighted by molar-refractivity contribution is 5.79. The van der Waals surface area contributed by atoms with Gasteiger partial charge in [-0.2, -0.15) is 0 Å². The third-order valence-corrected chi connectivity index (χ3v) is 3.17. The Balaban J connectivity index is 2.26. The Kier molecular flexibility index (Phi) is 4.23. The van der Waals surface area contributed by atoms with E-state index in [0.717, 1.165) is 11.2 Å². The second-order valence-electron chi connectivity index (χ2n) is 5.14. The number of aromatic nitrogens is 1. The summed E-state index contributed by atoms with van der Waals surface area (Å²) in [7, 11) is 0. The van der Waals surface area contributed by atoms with Gasteiger partial charge in [0.05, 0.1) is 6.10 Å². The Bertz CT molecular complexity index is 686. The van der Waals surface area contributed by atoms with Gasteiger partial charge in [-0.05, 0) is 39.3 Å². The van der Waals surface area contributed by atoms with Crippen molar-refractivity contribution < 1.29 is 9.53 Å². The predicted octanol–water partition coefficient (Wildman–Crippen LogP) is 2.72. The number of H-pyrrole nitrogens is 1. The maximum absolute atomic E-state index is 12.4. The van der Waals surface area contributed by atoms with Crippen LogP contribution in [0.2, 0.25) is 0 Å². The zero-order valence-electron chi connectivity index (χ0n) is 12.0. The fourth-order valence-electron chi connectivity index (χ4n) is 2.25. The first-order chi connectivity index (χ1) is 9.49. The van der Waals surface area contributed by atoms with Crippen molar-refractivity contribution >= 4 is 16.9 Å². The van der Waals surface area contributed by atoms with Crippen LogP contribution in [-0.2, 0) is 16.0 Å². The maximum Gasteiger partial charge on any atom is 0.306 e. The number of rotatable bonds is 4. The van der Waals surface area contributed by atoms with Crippen molar-refractivity contribution in [3.63, 3.8) is 0 Å². The van der Waals surface area contributed by atoms with Gasteiger partial charge in [-0.25, -0.2) is 0 Å². The molecule has 0 aliphatic carbocycles. The van der Waals surface area contributed by atoms with E-state index in [9.17, 15) is 9.59 Å². The number of hydrogen-bond acceptors (Lipinski definition) is 3. The highest BCUT2D eigenvalue weighted by Gasteiger charge is 2.12. The molecule has 1 heterocycles. The van der Waals surface area contributed by atoms with Crippen LogP contribution in [0.15, 0.2) is 29.1 Å². The number of para-hydroxylation sites is 1. The van der Waals surface area contributed by atoms with Gasteiger partial charge in [0.15, 0.2) is 5.43 Å². The Morgan fingerprint density at radius 3 is 2.70 bits per heavy atom. The van der Waals surface area contributed by atoms with E-state index in [0.29, 0.717) is 17.4 Å². The summed E-state index contributed by atoms with van der Waals surface area (Å²) in [5.74, 6) is -0.271. The quantitative estimate of drug-likeness (QED) is 0.871. The molecule has 0 aliphatic heterocycles. The van der Waals surface area contributed by atoms with Crippen molar-refractivity contribution in [1.29, 1.82) is 0 Å². The molecule has 0 fully saturated rings. The number of benzene rings is 1. The zero-order valence-corrected chi connectivity index (χ0v) is 12.0. The molecule has 4 heteroatoms. The van der Waals surface area contributed by atoms with Crippen LogP contribution < -0.4 is 5.43 Å². The molecular weight excluding hydrogens is 254 g/mol. The molecular formula is C16H19NO3. The standard InChI is InChI=1S/C16H19NO3/c1-10(2)20-15(18)9-8-12-11(3)17-14-7-5-4-6-13(14)16(12)19/h4-7,10H,8-9H2,1-3H3,(H,17,19). The number of esters is 1. The number of pyridine rings is 1. The van der Waals surface area contributed by atoms with Crippen LogP contribution in [0, 0.1) is 6.92 Å². The van der Waals surface area contributed by atoms with Crippen LogP contribution >= 0.6 is 0 Å². The number of aryl methyl sites for hydroxylation is 1. The van der Waals surface area contributed by atoms with Crippen LogP contribution in [0.1, 0.15) is 31.5 Å². The first-order valence-electron chi connectivity index (χ1n) is 6.79. The van der Waals surface area contributed by atoms with Crippen molar-refractivity contribution in [2.75, 3.05) is 0 Å². The first kappa shape index (κ1) is 14.3. The average molecular weight is 273 g/mol. The smallest absolute Gasteiger partial charge is 0.306 e. The molecule has 0 unspecified atom stereocenters. The lowest BCUT2D eigenvalue weighted by atomic mass is 10.0. The van der Waals surface area contributed by atoms with Gasteiger partial charge in [0.2, 0.25) is 0 Å². The molecule has 2 rings (SSSR count). The van der Waals surface area contributed by atoms with Crippen LogP contribution in [-0.4, -0.2) is 17.1 Å². The molecule has 0 saturated carbocycles. The minimum Gasteiger partial charge on any atom is -0.463 e. The van der Waals surface area contributed by atoms with Crippen molar-refractivity contribution in [3.8, 4) is 0 Å². The second-order valence-corrected chi connectivity index (χ2v) is 5.14. The Hall–Kier alpha value is -2.10. The minimum atomic E-state index is -0.271. The van der Waals surface area contributed by atoms with Crippen molar-refractivity contribution in [3.05, 3.63) is 45.7 Å². The second kappa shape index (κ2) is 5.90. The Morgan fingerprint density at radius 1 is 1.30 bits per heavy atom. The van der Waals surface area contributed by atoms with E-state index in [2.05, 4.69) is 4.98 Å². The zero-order chi connectivity index (χ0) is 14.7. The summed E-state index contributed by atoms with van der Waals surface area (Å²) in [4.78, 5) is 27.2. The summed E-state index contributed by atoms with van der Waals surface area (Å²) >= 11 is 0. The van der Waals surface area contributed by atoms with Gasteiger partial charge in [0.25, 0.3) is 0 Å². The fourth-order valence-corrected chi connectivity index (χ4v) is 2.25. The maximum atomic E-state index is 12.4. The van der Waals surface area contributed by atoms with Gasteiger partial charge >= 0.3 is 5.97 Å². The summed E-state index contributed by atoms with van der Waals surface area (Å²) < 4.78 is 5.09. The molecule has 1 N–H and O–H groups in total. The lowest BCUT2D eigenvalue weighted by Gasteiger charge is -2.09. The number of fused-ring (bicyclic) bond motifs is 1. The van der Waals surface area contributed by atoms with Crippen molar-refractivity contribution in [1.82, 2.24) is 4.98 Å². The molecule has 0 spiro atoms. The monoisotopic (exact) mass is 273 g/mol. The number of nitrogens with one attached hydrogen (secondary N) is 1. The molecule has 0 bridgehead atoms. The van der Waals surface area contributed by atoms with E-state index in [-0.39, 0.29) is 23.9 Å². The number of carbonyl (C=O) groups excluding carboxylic acids is 1. The summed E-state index contributed by atoms with van der Waals surface area (Å²) in [6, 6.07) is 7.39. The molecule has 0 radical (unpaired) electrons. The molecule has 1 aromatic carbocycles. The number of ether oxygens (including phenoxy) is 1. The molecule has 4 nitrogen and oxygen atoms in total. The SMILES string of the molecule is Cc1[nH]c2ccccc2c(=O)c1CCC(=O)OC(C)C. The van der Waals surface area contributed by atoms with Crippen LogP contribution in [0.3, 0.4) is 0 Å². The molecule has 0 saturated heterocycles. The predicted molar refractivity (Wildman–Crippen MR) is 78.9 cm³/mol. The van der Waals surface area contributed by atoms with Gasteiger partial charge in [0.1, 0.15) is 0 Å². The highest BCUT2D eigenvalue weighted by atomic mass is 16.5. The topological polar surface area (TPSA) is 59.2 Å². The minimum absolute atomic E-state index is 0.00537. The largest absolute Gasteiger partial charge is 0.463 e. The summed E-state index contributed by atoms with van der Waals surface area (Å²) in [5.41, 5.74) is 2.29. The average Bonchev–Trinajstić information content (AvgIpc) is 2.37. The lowest BCUT2D eigenvalue weighted by molar-refractivity contribution is -0.147. The summed E-state index contributed by atoms with van der Waals surface area (Å²) in [6.07, 6.45) is 0.497. The summed E-state index contributed by atoms with van der Waals surface area (Å²) in [6.45, 7) is 5.48. The summed E-state index contributed by atoms with van der Waals surface area (Å²) in [5, 5.41) is 0.658. The highest BCUT2D eigenvalue weighted by Crippen LogP contribution is 2.12. The van der Waals surface area contributed by atoms with Gasteiger partial charge < -0.3 is 9.72 Å². The third-order valence-electron chi connectivity index (χ3n) is 3.17. The normalized spacial score (nSPS) is 11.0. The molecule has 106 valence electrons. The number of carbonyl (C=O) groups is 1. The van der Waals surface area contributed by atoms with E-state index in [1.165, 1.54) is 0 Å². The van der Waals surface area contributed by atoms with E-state index in [1.54, 1.807) is 6.07 Å². The van der Waals surface area contributed by atoms with E-state index in [4.69, 9.17) is 4.74 Å². The first-order valence-corrected chi connectivity index (χ1v) is 6.79. The molecule has 0 aliphatic rings. The van der Waals surface area contributed by atoms with Gasteiger partial charge in [-0.15, -0.1) is 0 Å². The Labute approximate surface area is 117 Å². The van der Waals surface area contributed by atoms with Crippen LogP contribution in [0.5, 0.6) is 0 Å². The van der Waals surface area contributed by atoms with Gasteiger partial charge in [0, 0.05) is 28.6 Å². The molecule has 1 aromatic heterocycles. The molecule has 0 atom stereocenters. The van der Waals surface area contributed by atoms with Crippen molar-refractivity contribution in [2.45, 2.75) is 39.7 Å². The van der Waals surface area contributed by atoms with E-state index < -0.39 is 0 Å². The fraction of sp³-hybridized carbons (Fsp3) is 0.375. The third kappa shape index (κ3) is 3.07.